The second kappa shape index (κ2) is 7.18. The van der Waals surface area contributed by atoms with Crippen LogP contribution in [-0.4, -0.2) is 42.8 Å². The molecule has 2 aliphatic rings. The summed E-state index contributed by atoms with van der Waals surface area (Å²) in [5.74, 6) is 0.418. The lowest BCUT2D eigenvalue weighted by atomic mass is 9.90. The molecule has 2 atom stereocenters. The summed E-state index contributed by atoms with van der Waals surface area (Å²) in [4.78, 5) is 15.0. The van der Waals surface area contributed by atoms with E-state index in [4.69, 9.17) is 13.9 Å². The van der Waals surface area contributed by atoms with Crippen LogP contribution in [0, 0.1) is 0 Å². The zero-order valence-corrected chi connectivity index (χ0v) is 14.7. The standard InChI is InChI=1S/C20H25NO4/c1-2-23-20(22)19-14-7-3-5-9-16(14)25-18(19)13-21-11-12-24-17-10-6-4-8-15(17)21/h3,5,7,9,15,17H,2,4,6,8,10-13H2,1H3/t15-,17-/m0/s1. The highest BCUT2D eigenvalue weighted by atomic mass is 16.5. The van der Waals surface area contributed by atoms with Crippen LogP contribution in [0.4, 0.5) is 0 Å². The molecule has 0 N–H and O–H groups in total. The Kier molecular flexibility index (Phi) is 4.77. The summed E-state index contributed by atoms with van der Waals surface area (Å²) in [6.07, 6.45) is 5.09. The molecule has 0 unspecified atom stereocenters. The van der Waals surface area contributed by atoms with E-state index >= 15 is 0 Å². The second-order valence-corrected chi connectivity index (χ2v) is 6.85. The maximum Gasteiger partial charge on any atom is 0.342 e. The third-order valence-corrected chi connectivity index (χ3v) is 5.34. The fraction of sp³-hybridized carbons (Fsp3) is 0.550. The predicted molar refractivity (Wildman–Crippen MR) is 94.6 cm³/mol. The number of fused-ring (bicyclic) bond motifs is 2. The average molecular weight is 343 g/mol. The monoisotopic (exact) mass is 343 g/mol. The molecule has 1 saturated heterocycles. The molecule has 0 spiro atoms. The van der Waals surface area contributed by atoms with Gasteiger partial charge in [-0.3, -0.25) is 4.90 Å². The average Bonchev–Trinajstić information content (AvgIpc) is 3.00. The molecule has 4 rings (SSSR count). The van der Waals surface area contributed by atoms with Gasteiger partial charge in [-0.2, -0.15) is 0 Å². The molecule has 1 saturated carbocycles. The first-order chi connectivity index (χ1) is 12.3. The largest absolute Gasteiger partial charge is 0.462 e. The van der Waals surface area contributed by atoms with Gasteiger partial charge in [0.2, 0.25) is 0 Å². The van der Waals surface area contributed by atoms with Crippen LogP contribution in [0.5, 0.6) is 0 Å². The van der Waals surface area contributed by atoms with Crippen molar-refractivity contribution < 1.29 is 18.7 Å². The summed E-state index contributed by atoms with van der Waals surface area (Å²) in [5, 5.41) is 0.837. The summed E-state index contributed by atoms with van der Waals surface area (Å²) in [7, 11) is 0. The predicted octanol–water partition coefficient (Wildman–Crippen LogP) is 3.75. The van der Waals surface area contributed by atoms with E-state index in [1.165, 1.54) is 12.8 Å². The van der Waals surface area contributed by atoms with Gasteiger partial charge in [0.1, 0.15) is 16.9 Å². The number of carbonyl (C=O) groups is 1. The normalized spacial score (nSPS) is 24.2. The van der Waals surface area contributed by atoms with Crippen LogP contribution >= 0.6 is 0 Å². The molecule has 25 heavy (non-hydrogen) atoms. The maximum absolute atomic E-state index is 12.5. The van der Waals surface area contributed by atoms with Crippen molar-refractivity contribution in [1.82, 2.24) is 4.90 Å². The van der Waals surface area contributed by atoms with Crippen LogP contribution in [0.15, 0.2) is 28.7 Å². The van der Waals surface area contributed by atoms with Crippen molar-refractivity contribution in [2.24, 2.45) is 0 Å². The fourth-order valence-corrected chi connectivity index (χ4v) is 4.19. The van der Waals surface area contributed by atoms with Gasteiger partial charge in [0, 0.05) is 18.0 Å². The Labute approximate surface area is 147 Å². The Morgan fingerprint density at radius 2 is 2.12 bits per heavy atom. The Bertz CT molecular complexity index is 751. The number of carbonyl (C=O) groups excluding carboxylic acids is 1. The maximum atomic E-state index is 12.5. The Balaban J connectivity index is 1.66. The van der Waals surface area contributed by atoms with E-state index in [1.807, 2.05) is 31.2 Å². The van der Waals surface area contributed by atoms with E-state index in [0.717, 1.165) is 37.0 Å². The van der Waals surface area contributed by atoms with Crippen LogP contribution in [-0.2, 0) is 16.0 Å². The van der Waals surface area contributed by atoms with Gasteiger partial charge in [-0.25, -0.2) is 4.79 Å². The number of esters is 1. The zero-order chi connectivity index (χ0) is 17.2. The third kappa shape index (κ3) is 3.18. The molecular weight excluding hydrogens is 318 g/mol. The van der Waals surface area contributed by atoms with Gasteiger partial charge in [-0.05, 0) is 25.8 Å². The van der Waals surface area contributed by atoms with Gasteiger partial charge in [0.25, 0.3) is 0 Å². The Morgan fingerprint density at radius 3 is 3.00 bits per heavy atom. The lowest BCUT2D eigenvalue weighted by molar-refractivity contribution is -0.0926. The summed E-state index contributed by atoms with van der Waals surface area (Å²) >= 11 is 0. The summed E-state index contributed by atoms with van der Waals surface area (Å²) in [5.41, 5.74) is 1.32. The Hall–Kier alpha value is -1.85. The number of ether oxygens (including phenoxy) is 2. The molecule has 1 aromatic heterocycles. The van der Waals surface area contributed by atoms with E-state index in [9.17, 15) is 4.79 Å². The SMILES string of the molecule is CCOC(=O)c1c(CN2CCO[C@H]3CCCC[C@@H]32)oc2ccccc12. The van der Waals surface area contributed by atoms with Crippen LogP contribution in [0.25, 0.3) is 11.0 Å². The smallest absolute Gasteiger partial charge is 0.342 e. The summed E-state index contributed by atoms with van der Waals surface area (Å²) in [6.45, 7) is 4.44. The molecule has 0 radical (unpaired) electrons. The lowest BCUT2D eigenvalue weighted by Crippen LogP contribution is -2.52. The first-order valence-corrected chi connectivity index (χ1v) is 9.31. The fourth-order valence-electron chi connectivity index (χ4n) is 4.19. The van der Waals surface area contributed by atoms with E-state index in [2.05, 4.69) is 4.90 Å². The summed E-state index contributed by atoms with van der Waals surface area (Å²) in [6, 6.07) is 8.11. The quantitative estimate of drug-likeness (QED) is 0.791. The number of hydrogen-bond acceptors (Lipinski definition) is 5. The first-order valence-electron chi connectivity index (χ1n) is 9.31. The second-order valence-electron chi connectivity index (χ2n) is 6.85. The van der Waals surface area contributed by atoms with Gasteiger partial charge < -0.3 is 13.9 Å². The van der Waals surface area contributed by atoms with Crippen molar-refractivity contribution in [3.8, 4) is 0 Å². The van der Waals surface area contributed by atoms with Crippen molar-refractivity contribution in [3.63, 3.8) is 0 Å². The number of nitrogens with zero attached hydrogens (tertiary/aromatic N) is 1. The van der Waals surface area contributed by atoms with Gasteiger partial charge in [0.15, 0.2) is 0 Å². The van der Waals surface area contributed by atoms with Gasteiger partial charge in [-0.15, -0.1) is 0 Å². The number of para-hydroxylation sites is 1. The molecule has 1 aromatic carbocycles. The molecule has 2 fully saturated rings. The van der Waals surface area contributed by atoms with Gasteiger partial charge in [-0.1, -0.05) is 31.0 Å². The molecule has 0 bridgehead atoms. The van der Waals surface area contributed by atoms with E-state index < -0.39 is 0 Å². The molecule has 134 valence electrons. The number of furan rings is 1. The summed E-state index contributed by atoms with van der Waals surface area (Å²) < 4.78 is 17.3. The highest BCUT2D eigenvalue weighted by molar-refractivity contribution is 6.04. The minimum atomic E-state index is -0.295. The van der Waals surface area contributed by atoms with Crippen molar-refractivity contribution in [2.75, 3.05) is 19.8 Å². The van der Waals surface area contributed by atoms with Crippen LogP contribution in [0.2, 0.25) is 0 Å². The van der Waals surface area contributed by atoms with Crippen molar-refractivity contribution >= 4 is 16.9 Å². The van der Waals surface area contributed by atoms with Gasteiger partial charge in [0.05, 0.1) is 25.9 Å². The van der Waals surface area contributed by atoms with E-state index in [-0.39, 0.29) is 5.97 Å². The molecule has 2 aromatic rings. The van der Waals surface area contributed by atoms with Crippen molar-refractivity contribution in [1.29, 1.82) is 0 Å². The zero-order valence-electron chi connectivity index (χ0n) is 14.7. The molecule has 5 nitrogen and oxygen atoms in total. The van der Waals surface area contributed by atoms with Crippen molar-refractivity contribution in [2.45, 2.75) is 51.3 Å². The van der Waals surface area contributed by atoms with Crippen LogP contribution in [0.1, 0.15) is 48.7 Å². The molecule has 1 aliphatic heterocycles. The lowest BCUT2D eigenvalue weighted by Gasteiger charge is -2.43. The number of benzene rings is 1. The minimum Gasteiger partial charge on any atom is -0.462 e. The van der Waals surface area contributed by atoms with Crippen LogP contribution in [0.3, 0.4) is 0 Å². The Morgan fingerprint density at radius 1 is 1.28 bits per heavy atom. The highest BCUT2D eigenvalue weighted by Gasteiger charge is 2.35. The molecule has 1 aliphatic carbocycles. The molecule has 0 amide bonds. The van der Waals surface area contributed by atoms with Crippen molar-refractivity contribution in [3.05, 3.63) is 35.6 Å². The third-order valence-electron chi connectivity index (χ3n) is 5.34. The minimum absolute atomic E-state index is 0.295. The number of morpholine rings is 1. The molecular formula is C20H25NO4. The highest BCUT2D eigenvalue weighted by Crippen LogP contribution is 2.32. The van der Waals surface area contributed by atoms with Gasteiger partial charge >= 0.3 is 5.97 Å². The van der Waals surface area contributed by atoms with E-state index in [0.29, 0.717) is 36.6 Å². The van der Waals surface area contributed by atoms with E-state index in [1.54, 1.807) is 0 Å². The van der Waals surface area contributed by atoms with Crippen LogP contribution < -0.4 is 0 Å². The number of rotatable bonds is 4. The molecule has 5 heteroatoms. The first kappa shape index (κ1) is 16.6. The topological polar surface area (TPSA) is 51.9 Å². The molecule has 2 heterocycles. The number of hydrogen-bond donors (Lipinski definition) is 0.